The monoisotopic (exact) mass is 296 g/mol. The predicted octanol–water partition coefficient (Wildman–Crippen LogP) is -0.976. The van der Waals surface area contributed by atoms with E-state index in [1.807, 2.05) is 0 Å². The zero-order chi connectivity index (χ0) is 15.2. The molecule has 1 aliphatic heterocycles. The molecule has 0 saturated carbocycles. The molecular formula is C13H20N4O4. The van der Waals surface area contributed by atoms with Gasteiger partial charge in [0, 0.05) is 33.8 Å². The summed E-state index contributed by atoms with van der Waals surface area (Å²) < 4.78 is 12.0. The van der Waals surface area contributed by atoms with Crippen molar-refractivity contribution in [3.05, 3.63) is 18.2 Å². The third-order valence-corrected chi connectivity index (χ3v) is 3.32. The lowest BCUT2D eigenvalue weighted by molar-refractivity contribution is -0.149. The van der Waals surface area contributed by atoms with Crippen LogP contribution in [0.15, 0.2) is 12.5 Å². The summed E-state index contributed by atoms with van der Waals surface area (Å²) >= 11 is 0. The summed E-state index contributed by atoms with van der Waals surface area (Å²) in [6.45, 7) is 1.86. The normalized spacial score (nSPS) is 18.9. The van der Waals surface area contributed by atoms with E-state index in [1.54, 1.807) is 30.0 Å². The molecule has 1 aromatic rings. The zero-order valence-corrected chi connectivity index (χ0v) is 12.2. The molecule has 0 spiro atoms. The van der Waals surface area contributed by atoms with E-state index in [1.165, 1.54) is 6.20 Å². The Morgan fingerprint density at radius 2 is 2.43 bits per heavy atom. The van der Waals surface area contributed by atoms with Crippen LogP contribution in [0.25, 0.3) is 0 Å². The Bertz CT molecular complexity index is 502. The van der Waals surface area contributed by atoms with Gasteiger partial charge in [0.1, 0.15) is 12.3 Å². The van der Waals surface area contributed by atoms with Gasteiger partial charge < -0.3 is 24.3 Å². The molecule has 2 rings (SSSR count). The van der Waals surface area contributed by atoms with Crippen molar-refractivity contribution >= 4 is 11.8 Å². The van der Waals surface area contributed by atoms with Crippen molar-refractivity contribution in [1.29, 1.82) is 0 Å². The fourth-order valence-corrected chi connectivity index (χ4v) is 2.09. The minimum atomic E-state index is -0.211. The van der Waals surface area contributed by atoms with Gasteiger partial charge in [-0.3, -0.25) is 9.59 Å². The van der Waals surface area contributed by atoms with Crippen LogP contribution in [0.5, 0.6) is 0 Å². The highest BCUT2D eigenvalue weighted by Gasteiger charge is 2.26. The number of amides is 2. The van der Waals surface area contributed by atoms with Crippen LogP contribution in [0.2, 0.25) is 0 Å². The number of ether oxygens (including phenoxy) is 2. The fraction of sp³-hybridized carbons (Fsp3) is 0.615. The van der Waals surface area contributed by atoms with Gasteiger partial charge in [0.25, 0.3) is 5.91 Å². The number of aryl methyl sites for hydroxylation is 1. The molecule has 2 heterocycles. The van der Waals surface area contributed by atoms with Crippen molar-refractivity contribution in [2.75, 3.05) is 40.0 Å². The van der Waals surface area contributed by atoms with Crippen LogP contribution in [0.3, 0.4) is 0 Å². The molecule has 8 nitrogen and oxygen atoms in total. The lowest BCUT2D eigenvalue weighted by Gasteiger charge is -2.32. The molecule has 1 unspecified atom stereocenters. The number of nitrogens with one attached hydrogen (secondary N) is 1. The smallest absolute Gasteiger partial charge is 0.269 e. The Balaban J connectivity index is 1.82. The second kappa shape index (κ2) is 7.19. The topological polar surface area (TPSA) is 85.7 Å². The van der Waals surface area contributed by atoms with Crippen molar-refractivity contribution in [3.8, 4) is 0 Å². The summed E-state index contributed by atoms with van der Waals surface area (Å²) in [6.07, 6.45) is 2.86. The Hall–Kier alpha value is -1.93. The van der Waals surface area contributed by atoms with Crippen LogP contribution in [0.4, 0.5) is 0 Å². The van der Waals surface area contributed by atoms with Crippen LogP contribution in [-0.2, 0) is 21.3 Å². The van der Waals surface area contributed by atoms with E-state index < -0.39 is 0 Å². The van der Waals surface area contributed by atoms with Crippen molar-refractivity contribution in [1.82, 2.24) is 19.8 Å². The Morgan fingerprint density at radius 3 is 3.10 bits per heavy atom. The molecule has 1 N–H and O–H groups in total. The third kappa shape index (κ3) is 4.02. The third-order valence-electron chi connectivity index (χ3n) is 3.32. The molecule has 8 heteroatoms. The van der Waals surface area contributed by atoms with Gasteiger partial charge in [-0.1, -0.05) is 0 Å². The maximum atomic E-state index is 12.0. The molecule has 1 fully saturated rings. The van der Waals surface area contributed by atoms with Gasteiger partial charge in [0.15, 0.2) is 0 Å². The molecule has 1 aliphatic rings. The first-order valence-corrected chi connectivity index (χ1v) is 6.74. The lowest BCUT2D eigenvalue weighted by Crippen LogP contribution is -2.51. The molecule has 0 bridgehead atoms. The number of carbonyl (C=O) groups is 2. The summed E-state index contributed by atoms with van der Waals surface area (Å²) in [5, 5.41) is 2.79. The predicted molar refractivity (Wildman–Crippen MR) is 73.7 cm³/mol. The summed E-state index contributed by atoms with van der Waals surface area (Å²) in [7, 11) is 3.35. The summed E-state index contributed by atoms with van der Waals surface area (Å²) in [5.41, 5.74) is 0.484. The number of imidazole rings is 1. The number of nitrogens with zero attached hydrogens (tertiary/aromatic N) is 3. The highest BCUT2D eigenvalue weighted by molar-refractivity contribution is 5.92. The maximum Gasteiger partial charge on any atom is 0.269 e. The number of rotatable bonds is 6. The molecule has 0 aliphatic carbocycles. The first-order chi connectivity index (χ1) is 10.1. The second-order valence-electron chi connectivity index (χ2n) is 4.87. The largest absolute Gasteiger partial charge is 0.383 e. The number of hydrogen-bond acceptors (Lipinski definition) is 5. The molecule has 1 atom stereocenters. The molecule has 0 aromatic carbocycles. The van der Waals surface area contributed by atoms with Crippen molar-refractivity contribution in [2.45, 2.75) is 6.10 Å². The molecule has 0 radical (unpaired) electrons. The summed E-state index contributed by atoms with van der Waals surface area (Å²) in [4.78, 5) is 29.2. The fourth-order valence-electron chi connectivity index (χ4n) is 2.09. The van der Waals surface area contributed by atoms with E-state index >= 15 is 0 Å². The van der Waals surface area contributed by atoms with Crippen LogP contribution in [-0.4, -0.2) is 72.3 Å². The SMILES string of the molecule is COCCN1CC(CNC(=O)c2cncn2C)OCC1=O. The van der Waals surface area contributed by atoms with Crippen molar-refractivity contribution in [3.63, 3.8) is 0 Å². The highest BCUT2D eigenvalue weighted by atomic mass is 16.5. The number of aromatic nitrogens is 2. The molecular weight excluding hydrogens is 276 g/mol. The van der Waals surface area contributed by atoms with Crippen molar-refractivity contribution in [2.24, 2.45) is 7.05 Å². The lowest BCUT2D eigenvalue weighted by atomic mass is 10.2. The zero-order valence-electron chi connectivity index (χ0n) is 12.2. The Kier molecular flexibility index (Phi) is 5.29. The van der Waals surface area contributed by atoms with Crippen LogP contribution in [0, 0.1) is 0 Å². The standard InChI is InChI=1S/C13H20N4O4/c1-16-9-14-6-11(16)13(19)15-5-10-7-17(3-4-20-2)12(18)8-21-10/h6,9-10H,3-5,7-8H2,1-2H3,(H,15,19). The maximum absolute atomic E-state index is 12.0. The van der Waals surface area contributed by atoms with Gasteiger partial charge in [-0.2, -0.15) is 0 Å². The van der Waals surface area contributed by atoms with Gasteiger partial charge in [0.2, 0.25) is 5.91 Å². The molecule has 21 heavy (non-hydrogen) atoms. The van der Waals surface area contributed by atoms with Crippen LogP contribution < -0.4 is 5.32 Å². The Morgan fingerprint density at radius 1 is 1.62 bits per heavy atom. The molecule has 116 valence electrons. The van der Waals surface area contributed by atoms with E-state index in [-0.39, 0.29) is 24.5 Å². The van der Waals surface area contributed by atoms with Crippen LogP contribution in [0.1, 0.15) is 10.5 Å². The minimum absolute atomic E-state index is 0.0377. The number of hydrogen-bond donors (Lipinski definition) is 1. The Labute approximate surface area is 123 Å². The summed E-state index contributed by atoms with van der Waals surface area (Å²) in [5.74, 6) is -0.264. The first-order valence-electron chi connectivity index (χ1n) is 6.74. The quantitative estimate of drug-likeness (QED) is 0.729. The van der Waals surface area contributed by atoms with Gasteiger partial charge in [-0.15, -0.1) is 0 Å². The average Bonchev–Trinajstić information content (AvgIpc) is 2.91. The van der Waals surface area contributed by atoms with Gasteiger partial charge in [-0.25, -0.2) is 4.98 Å². The van der Waals surface area contributed by atoms with E-state index in [2.05, 4.69) is 10.3 Å². The highest BCUT2D eigenvalue weighted by Crippen LogP contribution is 2.06. The molecule has 2 amide bonds. The first kappa shape index (κ1) is 15.5. The van der Waals surface area contributed by atoms with E-state index in [9.17, 15) is 9.59 Å². The number of carbonyl (C=O) groups excluding carboxylic acids is 2. The minimum Gasteiger partial charge on any atom is -0.383 e. The van der Waals surface area contributed by atoms with E-state index in [0.29, 0.717) is 31.9 Å². The molecule has 1 saturated heterocycles. The van der Waals surface area contributed by atoms with E-state index in [0.717, 1.165) is 0 Å². The van der Waals surface area contributed by atoms with Gasteiger partial charge in [0.05, 0.1) is 25.2 Å². The second-order valence-corrected chi connectivity index (χ2v) is 4.87. The van der Waals surface area contributed by atoms with E-state index in [4.69, 9.17) is 9.47 Å². The number of morpholine rings is 1. The van der Waals surface area contributed by atoms with Gasteiger partial charge in [-0.05, 0) is 0 Å². The van der Waals surface area contributed by atoms with Crippen LogP contribution >= 0.6 is 0 Å². The number of methoxy groups -OCH3 is 1. The van der Waals surface area contributed by atoms with Gasteiger partial charge >= 0.3 is 0 Å². The molecule has 1 aromatic heterocycles. The average molecular weight is 296 g/mol. The van der Waals surface area contributed by atoms with Crippen molar-refractivity contribution < 1.29 is 19.1 Å². The summed E-state index contributed by atoms with van der Waals surface area (Å²) in [6, 6.07) is 0.